The van der Waals surface area contributed by atoms with Crippen LogP contribution in [-0.2, 0) is 10.0 Å². The van der Waals surface area contributed by atoms with Crippen molar-refractivity contribution >= 4 is 10.0 Å². The summed E-state index contributed by atoms with van der Waals surface area (Å²) in [4.78, 5) is 0.302. The minimum absolute atomic E-state index is 0.276. The number of aryl methyl sites for hydroxylation is 1. The van der Waals surface area contributed by atoms with Crippen LogP contribution in [0.25, 0.3) is 0 Å². The molecule has 0 atom stereocenters. The molecule has 20 heavy (non-hydrogen) atoms. The van der Waals surface area contributed by atoms with Crippen molar-refractivity contribution in [2.75, 3.05) is 13.1 Å². The third kappa shape index (κ3) is 4.18. The third-order valence-electron chi connectivity index (χ3n) is 2.82. The van der Waals surface area contributed by atoms with E-state index in [4.69, 9.17) is 0 Å². The van der Waals surface area contributed by atoms with E-state index in [9.17, 15) is 8.42 Å². The lowest BCUT2D eigenvalue weighted by Crippen LogP contribution is -2.32. The first kappa shape index (κ1) is 16.4. The first-order chi connectivity index (χ1) is 9.41. The molecule has 0 spiro atoms. The Kier molecular flexibility index (Phi) is 5.92. The molecule has 0 aliphatic rings. The van der Waals surface area contributed by atoms with E-state index in [2.05, 4.69) is 13.2 Å². The van der Waals surface area contributed by atoms with Crippen LogP contribution < -0.4 is 0 Å². The molecule has 0 fully saturated rings. The average Bonchev–Trinajstić information content (AvgIpc) is 2.39. The molecule has 0 radical (unpaired) electrons. The highest BCUT2D eigenvalue weighted by molar-refractivity contribution is 7.89. The summed E-state index contributed by atoms with van der Waals surface area (Å²) in [5.41, 5.74) is 1.96. The van der Waals surface area contributed by atoms with Crippen LogP contribution in [0, 0.1) is 6.92 Å². The Morgan fingerprint density at radius 2 is 1.85 bits per heavy atom. The minimum Gasteiger partial charge on any atom is -0.207 e. The van der Waals surface area contributed by atoms with Crippen molar-refractivity contribution in [3.05, 3.63) is 66.8 Å². The molecule has 0 amide bonds. The fraction of sp³-hybridized carbons (Fsp3) is 0.250. The Balaban J connectivity index is 3.11. The summed E-state index contributed by atoms with van der Waals surface area (Å²) >= 11 is 0. The standard InChI is InChI=1S/C16H21NO2S/c1-5-7-15(4)13-17(12-6-2)20(18,19)16-10-8-14(3)9-11-16/h5-11H,1-2,12-13H2,3-4H3/b15-7+. The van der Waals surface area contributed by atoms with Crippen molar-refractivity contribution < 1.29 is 8.42 Å². The summed E-state index contributed by atoms with van der Waals surface area (Å²) in [5.74, 6) is 0. The Bertz CT molecular complexity index is 598. The van der Waals surface area contributed by atoms with Crippen molar-refractivity contribution in [1.29, 1.82) is 0 Å². The summed E-state index contributed by atoms with van der Waals surface area (Å²) in [6, 6.07) is 6.86. The molecule has 1 aromatic carbocycles. The maximum absolute atomic E-state index is 12.6. The number of allylic oxidation sites excluding steroid dienone is 2. The number of benzene rings is 1. The van der Waals surface area contributed by atoms with Gasteiger partial charge in [-0.3, -0.25) is 0 Å². The lowest BCUT2D eigenvalue weighted by atomic mass is 10.2. The summed E-state index contributed by atoms with van der Waals surface area (Å²) in [7, 11) is -3.51. The molecule has 4 heteroatoms. The molecule has 1 aromatic rings. The monoisotopic (exact) mass is 291 g/mol. The van der Waals surface area contributed by atoms with Crippen LogP contribution in [0.4, 0.5) is 0 Å². The van der Waals surface area contributed by atoms with Gasteiger partial charge >= 0.3 is 0 Å². The number of rotatable bonds is 7. The van der Waals surface area contributed by atoms with Crippen LogP contribution in [0.3, 0.4) is 0 Å². The number of nitrogens with zero attached hydrogens (tertiary/aromatic N) is 1. The molecule has 0 aliphatic heterocycles. The molecule has 0 aliphatic carbocycles. The molecule has 0 N–H and O–H groups in total. The van der Waals surface area contributed by atoms with E-state index in [0.717, 1.165) is 11.1 Å². The van der Waals surface area contributed by atoms with Crippen LogP contribution in [-0.4, -0.2) is 25.8 Å². The van der Waals surface area contributed by atoms with Gasteiger partial charge in [0.05, 0.1) is 4.90 Å². The minimum atomic E-state index is -3.51. The summed E-state index contributed by atoms with van der Waals surface area (Å²) in [5, 5.41) is 0. The quantitative estimate of drug-likeness (QED) is 0.571. The second kappa shape index (κ2) is 7.22. The highest BCUT2D eigenvalue weighted by Gasteiger charge is 2.23. The molecular formula is C16H21NO2S. The van der Waals surface area contributed by atoms with Crippen LogP contribution >= 0.6 is 0 Å². The van der Waals surface area contributed by atoms with Crippen molar-refractivity contribution in [2.45, 2.75) is 18.7 Å². The SMILES string of the molecule is C=C/C=C(\C)CN(CC=C)S(=O)(=O)c1ccc(C)cc1. The molecule has 1 rings (SSSR count). The predicted octanol–water partition coefficient (Wildman–Crippen LogP) is 3.30. The lowest BCUT2D eigenvalue weighted by Gasteiger charge is -2.21. The van der Waals surface area contributed by atoms with E-state index >= 15 is 0 Å². The highest BCUT2D eigenvalue weighted by atomic mass is 32.2. The zero-order valence-corrected chi connectivity index (χ0v) is 12.9. The summed E-state index contributed by atoms with van der Waals surface area (Å²) in [6.45, 7) is 11.7. The van der Waals surface area contributed by atoms with Gasteiger partial charge in [0.1, 0.15) is 0 Å². The Labute approximate surface area is 122 Å². The van der Waals surface area contributed by atoms with Gasteiger partial charge < -0.3 is 0 Å². The molecule has 0 saturated carbocycles. The maximum atomic E-state index is 12.6. The zero-order valence-electron chi connectivity index (χ0n) is 12.0. The number of sulfonamides is 1. The second-order valence-corrected chi connectivity index (χ2v) is 6.59. The first-order valence-electron chi connectivity index (χ1n) is 6.37. The maximum Gasteiger partial charge on any atom is 0.243 e. The third-order valence-corrected chi connectivity index (χ3v) is 4.65. The van der Waals surface area contributed by atoms with Crippen LogP contribution in [0.1, 0.15) is 12.5 Å². The fourth-order valence-electron chi connectivity index (χ4n) is 1.78. The topological polar surface area (TPSA) is 37.4 Å². The molecule has 0 unspecified atom stereocenters. The number of hydrogen-bond donors (Lipinski definition) is 0. The van der Waals surface area contributed by atoms with E-state index in [0.29, 0.717) is 11.4 Å². The van der Waals surface area contributed by atoms with E-state index in [1.165, 1.54) is 4.31 Å². The lowest BCUT2D eigenvalue weighted by molar-refractivity contribution is 0.467. The van der Waals surface area contributed by atoms with E-state index in [-0.39, 0.29) is 6.54 Å². The molecule has 0 saturated heterocycles. The predicted molar refractivity (Wildman–Crippen MR) is 84.1 cm³/mol. The van der Waals surface area contributed by atoms with Gasteiger partial charge in [-0.1, -0.05) is 48.1 Å². The molecule has 3 nitrogen and oxygen atoms in total. The van der Waals surface area contributed by atoms with Gasteiger partial charge in [0.15, 0.2) is 0 Å². The highest BCUT2D eigenvalue weighted by Crippen LogP contribution is 2.17. The van der Waals surface area contributed by atoms with E-state index < -0.39 is 10.0 Å². The molecule has 0 bridgehead atoms. The first-order valence-corrected chi connectivity index (χ1v) is 7.81. The molecular weight excluding hydrogens is 270 g/mol. The second-order valence-electron chi connectivity index (χ2n) is 4.65. The van der Waals surface area contributed by atoms with Crippen molar-refractivity contribution in [1.82, 2.24) is 4.31 Å². The Hall–Kier alpha value is -1.65. The smallest absolute Gasteiger partial charge is 0.207 e. The normalized spacial score (nSPS) is 12.4. The Morgan fingerprint density at radius 3 is 2.35 bits per heavy atom. The van der Waals surface area contributed by atoms with Crippen LogP contribution in [0.15, 0.2) is 66.1 Å². The average molecular weight is 291 g/mol. The van der Waals surface area contributed by atoms with Gasteiger partial charge in [0.2, 0.25) is 10.0 Å². The van der Waals surface area contributed by atoms with Gasteiger partial charge in [-0.2, -0.15) is 4.31 Å². The fourth-order valence-corrected chi connectivity index (χ4v) is 3.24. The Morgan fingerprint density at radius 1 is 1.25 bits per heavy atom. The van der Waals surface area contributed by atoms with Gasteiger partial charge in [-0.15, -0.1) is 6.58 Å². The molecule has 0 heterocycles. The van der Waals surface area contributed by atoms with Crippen molar-refractivity contribution in [2.24, 2.45) is 0 Å². The van der Waals surface area contributed by atoms with Crippen LogP contribution in [0.2, 0.25) is 0 Å². The van der Waals surface area contributed by atoms with Gasteiger partial charge in [-0.05, 0) is 26.0 Å². The summed E-state index contributed by atoms with van der Waals surface area (Å²) in [6.07, 6.45) is 5.05. The van der Waals surface area contributed by atoms with Gasteiger partial charge in [-0.25, -0.2) is 8.42 Å². The number of hydrogen-bond acceptors (Lipinski definition) is 2. The summed E-state index contributed by atoms with van der Waals surface area (Å²) < 4.78 is 26.6. The molecule has 0 aromatic heterocycles. The van der Waals surface area contributed by atoms with Gasteiger partial charge in [0.25, 0.3) is 0 Å². The zero-order chi connectivity index (χ0) is 15.2. The van der Waals surface area contributed by atoms with Crippen molar-refractivity contribution in [3.63, 3.8) is 0 Å². The molecule has 108 valence electrons. The largest absolute Gasteiger partial charge is 0.243 e. The van der Waals surface area contributed by atoms with E-state index in [1.54, 1.807) is 42.5 Å². The van der Waals surface area contributed by atoms with E-state index in [1.807, 2.05) is 13.8 Å². The van der Waals surface area contributed by atoms with Crippen LogP contribution in [0.5, 0.6) is 0 Å². The van der Waals surface area contributed by atoms with Gasteiger partial charge in [0, 0.05) is 13.1 Å². The van der Waals surface area contributed by atoms with Crippen molar-refractivity contribution in [3.8, 4) is 0 Å².